The molecule has 2 aliphatic rings. The molecule has 22 heavy (non-hydrogen) atoms. The monoisotopic (exact) mass is 297 g/mol. The highest BCUT2D eigenvalue weighted by Crippen LogP contribution is 2.32. The fourth-order valence-electron chi connectivity index (χ4n) is 4.01. The smallest absolute Gasteiger partial charge is 0.144 e. The van der Waals surface area contributed by atoms with Gasteiger partial charge < -0.3 is 5.32 Å². The van der Waals surface area contributed by atoms with Crippen LogP contribution in [0, 0.1) is 11.3 Å². The van der Waals surface area contributed by atoms with E-state index < -0.39 is 0 Å². The second kappa shape index (κ2) is 7.13. The van der Waals surface area contributed by atoms with Crippen LogP contribution in [-0.4, -0.2) is 11.0 Å². The fraction of sp³-hybridized carbons (Fsp3) is 0.684. The zero-order valence-electron chi connectivity index (χ0n) is 13.7. The molecule has 3 rings (SSSR count). The number of rotatable bonds is 4. The minimum Gasteiger partial charge on any atom is -0.366 e. The zero-order valence-corrected chi connectivity index (χ0v) is 13.7. The Balaban J connectivity index is 1.96. The minimum absolute atomic E-state index is 0.504. The molecular weight excluding hydrogens is 270 g/mol. The molecule has 0 spiro atoms. The second-order valence-corrected chi connectivity index (χ2v) is 6.79. The summed E-state index contributed by atoms with van der Waals surface area (Å²) in [5.41, 5.74) is 4.76. The first-order chi connectivity index (χ1) is 10.8. The van der Waals surface area contributed by atoms with Gasteiger partial charge in [-0.25, -0.2) is 4.98 Å². The molecule has 118 valence electrons. The van der Waals surface area contributed by atoms with Gasteiger partial charge in [-0.1, -0.05) is 32.6 Å². The highest BCUT2D eigenvalue weighted by atomic mass is 15.0. The van der Waals surface area contributed by atoms with Crippen molar-refractivity contribution >= 4 is 5.82 Å². The molecule has 1 fully saturated rings. The molecule has 0 unspecified atom stereocenters. The average Bonchev–Trinajstić information content (AvgIpc) is 2.56. The van der Waals surface area contributed by atoms with Crippen molar-refractivity contribution in [2.24, 2.45) is 0 Å². The molecule has 0 aromatic carbocycles. The van der Waals surface area contributed by atoms with Gasteiger partial charge in [0.2, 0.25) is 0 Å². The standard InChI is InChI=1S/C19H27N3/c1-2-8-18-16-12-7-6-11-15(16)17(13-20)19(22-18)21-14-9-4-3-5-10-14/h14H,2-12H2,1H3,(H,21,22). The molecule has 1 heterocycles. The Morgan fingerprint density at radius 2 is 1.82 bits per heavy atom. The topological polar surface area (TPSA) is 48.7 Å². The molecule has 1 N–H and O–H groups in total. The average molecular weight is 297 g/mol. The van der Waals surface area contributed by atoms with Crippen LogP contribution in [0.5, 0.6) is 0 Å². The molecule has 0 amide bonds. The fourth-order valence-corrected chi connectivity index (χ4v) is 4.01. The van der Waals surface area contributed by atoms with Gasteiger partial charge in [-0.3, -0.25) is 0 Å². The summed E-state index contributed by atoms with van der Waals surface area (Å²) in [5.74, 6) is 0.874. The Bertz CT molecular complexity index is 565. The van der Waals surface area contributed by atoms with Crippen molar-refractivity contribution in [2.45, 2.75) is 83.6 Å². The molecule has 3 heteroatoms. The van der Waals surface area contributed by atoms with Crippen LogP contribution >= 0.6 is 0 Å². The quantitative estimate of drug-likeness (QED) is 0.888. The number of nitrogens with one attached hydrogen (secondary N) is 1. The first kappa shape index (κ1) is 15.3. The minimum atomic E-state index is 0.504. The van der Waals surface area contributed by atoms with Crippen molar-refractivity contribution in [3.8, 4) is 6.07 Å². The van der Waals surface area contributed by atoms with E-state index in [0.29, 0.717) is 6.04 Å². The van der Waals surface area contributed by atoms with Crippen molar-refractivity contribution < 1.29 is 0 Å². The van der Waals surface area contributed by atoms with E-state index in [1.165, 1.54) is 61.8 Å². The summed E-state index contributed by atoms with van der Waals surface area (Å²) in [6.45, 7) is 2.21. The van der Waals surface area contributed by atoms with Crippen LogP contribution in [0.4, 0.5) is 5.82 Å². The number of fused-ring (bicyclic) bond motifs is 1. The van der Waals surface area contributed by atoms with Crippen LogP contribution < -0.4 is 5.32 Å². The Morgan fingerprint density at radius 1 is 1.09 bits per heavy atom. The van der Waals surface area contributed by atoms with E-state index in [2.05, 4.69) is 18.3 Å². The SMILES string of the molecule is CCCc1nc(NC2CCCCC2)c(C#N)c2c1CCCC2. The maximum atomic E-state index is 9.69. The maximum Gasteiger partial charge on any atom is 0.144 e. The first-order valence-corrected chi connectivity index (χ1v) is 9.04. The van der Waals surface area contributed by atoms with Gasteiger partial charge in [-0.05, 0) is 56.1 Å². The number of hydrogen-bond donors (Lipinski definition) is 1. The lowest BCUT2D eigenvalue weighted by atomic mass is 9.86. The lowest BCUT2D eigenvalue weighted by Crippen LogP contribution is -2.25. The van der Waals surface area contributed by atoms with Crippen LogP contribution in [0.25, 0.3) is 0 Å². The third kappa shape index (κ3) is 3.11. The molecule has 1 aromatic rings. The predicted octanol–water partition coefficient (Wildman–Crippen LogP) is 4.53. The number of nitriles is 1. The highest BCUT2D eigenvalue weighted by molar-refractivity contribution is 5.60. The van der Waals surface area contributed by atoms with E-state index in [1.807, 2.05) is 0 Å². The zero-order chi connectivity index (χ0) is 15.4. The van der Waals surface area contributed by atoms with Crippen molar-refractivity contribution in [1.82, 2.24) is 4.98 Å². The van der Waals surface area contributed by atoms with E-state index in [0.717, 1.165) is 37.1 Å². The van der Waals surface area contributed by atoms with E-state index in [1.54, 1.807) is 0 Å². The summed E-state index contributed by atoms with van der Waals surface area (Å²) < 4.78 is 0. The van der Waals surface area contributed by atoms with E-state index >= 15 is 0 Å². The summed E-state index contributed by atoms with van der Waals surface area (Å²) in [6.07, 6.45) is 13.1. The van der Waals surface area contributed by atoms with Crippen molar-refractivity contribution in [3.05, 3.63) is 22.4 Å². The Morgan fingerprint density at radius 3 is 2.50 bits per heavy atom. The first-order valence-electron chi connectivity index (χ1n) is 9.04. The molecule has 1 aromatic heterocycles. The Kier molecular flexibility index (Phi) is 4.97. The van der Waals surface area contributed by atoms with Crippen molar-refractivity contribution in [3.63, 3.8) is 0 Å². The highest BCUT2D eigenvalue weighted by Gasteiger charge is 2.23. The van der Waals surface area contributed by atoms with Gasteiger partial charge in [-0.15, -0.1) is 0 Å². The second-order valence-electron chi connectivity index (χ2n) is 6.79. The molecule has 3 nitrogen and oxygen atoms in total. The number of aromatic nitrogens is 1. The molecule has 0 aliphatic heterocycles. The summed E-state index contributed by atoms with van der Waals surface area (Å²) in [4.78, 5) is 4.91. The van der Waals surface area contributed by atoms with E-state index in [4.69, 9.17) is 4.98 Å². The van der Waals surface area contributed by atoms with Crippen LogP contribution in [0.15, 0.2) is 0 Å². The van der Waals surface area contributed by atoms with Crippen molar-refractivity contribution in [1.29, 1.82) is 5.26 Å². The van der Waals surface area contributed by atoms with Crippen molar-refractivity contribution in [2.75, 3.05) is 5.32 Å². The Hall–Kier alpha value is -1.56. The summed E-state index contributed by atoms with van der Waals surface area (Å²) in [6, 6.07) is 2.96. The largest absolute Gasteiger partial charge is 0.366 e. The molecule has 1 saturated carbocycles. The van der Waals surface area contributed by atoms with Crippen LogP contribution in [-0.2, 0) is 19.3 Å². The van der Waals surface area contributed by atoms with E-state index in [9.17, 15) is 5.26 Å². The molecular formula is C19H27N3. The van der Waals surface area contributed by atoms with Crippen LogP contribution in [0.3, 0.4) is 0 Å². The molecule has 0 atom stereocenters. The third-order valence-corrected chi connectivity index (χ3v) is 5.15. The number of nitrogens with zero attached hydrogens (tertiary/aromatic N) is 2. The maximum absolute atomic E-state index is 9.69. The molecule has 2 aliphatic carbocycles. The molecule has 0 bridgehead atoms. The molecule has 0 saturated heterocycles. The van der Waals surface area contributed by atoms with Gasteiger partial charge in [0.05, 0.1) is 5.56 Å². The third-order valence-electron chi connectivity index (χ3n) is 5.15. The summed E-state index contributed by atoms with van der Waals surface area (Å²) >= 11 is 0. The number of pyridine rings is 1. The van der Waals surface area contributed by atoms with Gasteiger partial charge in [0, 0.05) is 11.7 Å². The van der Waals surface area contributed by atoms with Gasteiger partial charge >= 0.3 is 0 Å². The van der Waals surface area contributed by atoms with Crippen LogP contribution in [0.2, 0.25) is 0 Å². The normalized spacial score (nSPS) is 18.5. The number of aryl methyl sites for hydroxylation is 1. The van der Waals surface area contributed by atoms with Crippen LogP contribution in [0.1, 0.15) is 80.7 Å². The Labute approximate surface area is 134 Å². The molecule has 0 radical (unpaired) electrons. The van der Waals surface area contributed by atoms with Gasteiger partial charge in [-0.2, -0.15) is 5.26 Å². The van der Waals surface area contributed by atoms with Gasteiger partial charge in [0.1, 0.15) is 11.9 Å². The number of hydrogen-bond acceptors (Lipinski definition) is 3. The summed E-state index contributed by atoms with van der Waals surface area (Å²) in [5, 5.41) is 13.3. The van der Waals surface area contributed by atoms with Gasteiger partial charge in [0.15, 0.2) is 0 Å². The lowest BCUT2D eigenvalue weighted by molar-refractivity contribution is 0.461. The number of anilines is 1. The van der Waals surface area contributed by atoms with Gasteiger partial charge in [0.25, 0.3) is 0 Å². The lowest BCUT2D eigenvalue weighted by Gasteiger charge is -2.27. The van der Waals surface area contributed by atoms with E-state index in [-0.39, 0.29) is 0 Å². The summed E-state index contributed by atoms with van der Waals surface area (Å²) in [7, 11) is 0. The predicted molar refractivity (Wildman–Crippen MR) is 90.1 cm³/mol.